The maximum absolute atomic E-state index is 12.3. The van der Waals surface area contributed by atoms with Gasteiger partial charge in [0, 0.05) is 25.3 Å². The van der Waals surface area contributed by atoms with Gasteiger partial charge in [-0.05, 0) is 48.4 Å². The number of aryl methyl sites for hydroxylation is 1. The first-order valence-electron chi connectivity index (χ1n) is 7.73. The Morgan fingerprint density at radius 2 is 1.72 bits per heavy atom. The number of nitrogens with one attached hydrogen (secondary N) is 1. The fourth-order valence-electron chi connectivity index (χ4n) is 2.21. The number of hydrogen-bond donors (Lipinski definition) is 1. The largest absolute Gasteiger partial charge is 0.345 e. The predicted octanol–water partition coefficient (Wildman–Crippen LogP) is 3.24. The molecule has 0 radical (unpaired) electrons. The zero-order valence-corrected chi connectivity index (χ0v) is 14.4. The van der Waals surface area contributed by atoms with Crippen LogP contribution in [0.4, 0.5) is 5.69 Å². The van der Waals surface area contributed by atoms with E-state index >= 15 is 0 Å². The van der Waals surface area contributed by atoms with E-state index in [2.05, 4.69) is 5.32 Å². The lowest BCUT2D eigenvalue weighted by Gasteiger charge is -2.11. The maximum atomic E-state index is 12.3. The molecule has 0 heterocycles. The maximum Gasteiger partial charge on any atom is 0.266 e. The molecule has 0 bridgehead atoms. The molecule has 5 nitrogen and oxygen atoms in total. The van der Waals surface area contributed by atoms with Crippen LogP contribution in [0.5, 0.6) is 0 Å². The van der Waals surface area contributed by atoms with Crippen LogP contribution in [0.1, 0.15) is 21.5 Å². The molecule has 25 heavy (non-hydrogen) atoms. The van der Waals surface area contributed by atoms with Gasteiger partial charge in [-0.15, -0.1) is 0 Å². The summed E-state index contributed by atoms with van der Waals surface area (Å²) in [5.41, 5.74) is 2.86. The number of nitrogens with zero attached hydrogens (tertiary/aromatic N) is 2. The Bertz CT molecular complexity index is 859. The molecule has 1 N–H and O–H groups in total. The number of benzene rings is 2. The summed E-state index contributed by atoms with van der Waals surface area (Å²) < 4.78 is 0. The molecule has 0 aliphatic rings. The van der Waals surface area contributed by atoms with Crippen molar-refractivity contribution in [2.75, 3.05) is 19.4 Å². The molecule has 0 saturated carbocycles. The number of carbonyl (C=O) groups excluding carboxylic acids is 2. The first-order valence-corrected chi connectivity index (χ1v) is 7.73. The molecule has 2 aromatic carbocycles. The summed E-state index contributed by atoms with van der Waals surface area (Å²) in [7, 11) is 3.35. The minimum Gasteiger partial charge on any atom is -0.345 e. The lowest BCUT2D eigenvalue weighted by molar-refractivity contribution is -0.112. The van der Waals surface area contributed by atoms with Gasteiger partial charge in [-0.1, -0.05) is 24.3 Å². The average Bonchev–Trinajstić information content (AvgIpc) is 2.60. The standard InChI is InChI=1S/C20H19N3O2/c1-14-6-4-5-7-16(14)12-17(13-21)19(24)22-18-10-8-15(9-11-18)20(25)23(2)3/h4-12H,1-3H3,(H,22,24)/b17-12+. The zero-order chi connectivity index (χ0) is 18.4. The van der Waals surface area contributed by atoms with E-state index in [0.717, 1.165) is 11.1 Å². The van der Waals surface area contributed by atoms with Gasteiger partial charge in [0.25, 0.3) is 11.8 Å². The third-order valence-corrected chi connectivity index (χ3v) is 3.65. The first-order chi connectivity index (χ1) is 11.9. The number of amides is 2. The van der Waals surface area contributed by atoms with E-state index in [-0.39, 0.29) is 11.5 Å². The van der Waals surface area contributed by atoms with Gasteiger partial charge in [-0.2, -0.15) is 5.26 Å². The molecule has 0 atom stereocenters. The molecule has 0 saturated heterocycles. The number of hydrogen-bond acceptors (Lipinski definition) is 3. The van der Waals surface area contributed by atoms with Gasteiger partial charge in [0.2, 0.25) is 0 Å². The smallest absolute Gasteiger partial charge is 0.266 e. The molecule has 0 aromatic heterocycles. The van der Waals surface area contributed by atoms with Crippen molar-refractivity contribution in [2.45, 2.75) is 6.92 Å². The van der Waals surface area contributed by atoms with Crippen LogP contribution in [-0.4, -0.2) is 30.8 Å². The lowest BCUT2D eigenvalue weighted by atomic mass is 10.1. The molecule has 2 rings (SSSR count). The molecular formula is C20H19N3O2. The second kappa shape index (κ2) is 7.93. The van der Waals surface area contributed by atoms with Crippen LogP contribution in [0.25, 0.3) is 6.08 Å². The van der Waals surface area contributed by atoms with Crippen molar-refractivity contribution in [3.05, 3.63) is 70.8 Å². The van der Waals surface area contributed by atoms with Crippen molar-refractivity contribution in [2.24, 2.45) is 0 Å². The minimum absolute atomic E-state index is 0.0164. The topological polar surface area (TPSA) is 73.2 Å². The highest BCUT2D eigenvalue weighted by molar-refractivity contribution is 6.09. The average molecular weight is 333 g/mol. The van der Waals surface area contributed by atoms with E-state index in [0.29, 0.717) is 11.3 Å². The summed E-state index contributed by atoms with van der Waals surface area (Å²) in [6, 6.07) is 16.0. The van der Waals surface area contributed by atoms with Crippen molar-refractivity contribution >= 4 is 23.6 Å². The second-order valence-electron chi connectivity index (χ2n) is 5.76. The molecule has 0 spiro atoms. The molecule has 0 aliphatic carbocycles. The lowest BCUT2D eigenvalue weighted by Crippen LogP contribution is -2.21. The monoisotopic (exact) mass is 333 g/mol. The summed E-state index contributed by atoms with van der Waals surface area (Å²) in [5, 5.41) is 11.9. The van der Waals surface area contributed by atoms with Crippen LogP contribution < -0.4 is 5.32 Å². The Balaban J connectivity index is 2.16. The van der Waals surface area contributed by atoms with Gasteiger partial charge in [0.1, 0.15) is 11.6 Å². The van der Waals surface area contributed by atoms with Gasteiger partial charge in [0.15, 0.2) is 0 Å². The Morgan fingerprint density at radius 1 is 1.08 bits per heavy atom. The van der Waals surface area contributed by atoms with Crippen LogP contribution in [0.2, 0.25) is 0 Å². The number of anilines is 1. The molecule has 5 heteroatoms. The van der Waals surface area contributed by atoms with Crippen molar-refractivity contribution in [3.8, 4) is 6.07 Å². The highest BCUT2D eigenvalue weighted by Gasteiger charge is 2.11. The van der Waals surface area contributed by atoms with E-state index in [4.69, 9.17) is 0 Å². The van der Waals surface area contributed by atoms with Gasteiger partial charge in [-0.25, -0.2) is 0 Å². The van der Waals surface area contributed by atoms with Crippen LogP contribution in [0.3, 0.4) is 0 Å². The third kappa shape index (κ3) is 4.55. The Hall–Kier alpha value is -3.39. The zero-order valence-electron chi connectivity index (χ0n) is 14.4. The molecular weight excluding hydrogens is 314 g/mol. The van der Waals surface area contributed by atoms with E-state index in [9.17, 15) is 14.9 Å². The summed E-state index contributed by atoms with van der Waals surface area (Å²) in [6.07, 6.45) is 1.56. The Morgan fingerprint density at radius 3 is 2.28 bits per heavy atom. The fourth-order valence-corrected chi connectivity index (χ4v) is 2.21. The molecule has 0 unspecified atom stereocenters. The van der Waals surface area contributed by atoms with E-state index in [1.54, 1.807) is 44.4 Å². The van der Waals surface area contributed by atoms with E-state index in [1.165, 1.54) is 4.90 Å². The first kappa shape index (κ1) is 18.0. The molecule has 2 aromatic rings. The summed E-state index contributed by atoms with van der Waals surface area (Å²) >= 11 is 0. The van der Waals surface area contributed by atoms with Crippen LogP contribution in [0, 0.1) is 18.3 Å². The third-order valence-electron chi connectivity index (χ3n) is 3.65. The second-order valence-corrected chi connectivity index (χ2v) is 5.76. The van der Waals surface area contributed by atoms with Crippen LogP contribution in [-0.2, 0) is 4.79 Å². The van der Waals surface area contributed by atoms with E-state index < -0.39 is 5.91 Å². The molecule has 0 aliphatic heterocycles. The fraction of sp³-hybridized carbons (Fsp3) is 0.150. The molecule has 126 valence electrons. The SMILES string of the molecule is Cc1ccccc1/C=C(\C#N)C(=O)Nc1ccc(C(=O)N(C)C)cc1. The minimum atomic E-state index is -0.488. The quantitative estimate of drug-likeness (QED) is 0.689. The summed E-state index contributed by atoms with van der Waals surface area (Å²) in [5.74, 6) is -0.604. The van der Waals surface area contributed by atoms with Crippen LogP contribution >= 0.6 is 0 Å². The van der Waals surface area contributed by atoms with Gasteiger partial charge in [0.05, 0.1) is 0 Å². The van der Waals surface area contributed by atoms with Gasteiger partial charge >= 0.3 is 0 Å². The Labute approximate surface area is 147 Å². The number of nitriles is 1. The predicted molar refractivity (Wildman–Crippen MR) is 97.9 cm³/mol. The molecule has 2 amide bonds. The number of carbonyl (C=O) groups is 2. The van der Waals surface area contributed by atoms with E-state index in [1.807, 2.05) is 37.3 Å². The highest BCUT2D eigenvalue weighted by Crippen LogP contribution is 2.15. The van der Waals surface area contributed by atoms with Crippen LogP contribution in [0.15, 0.2) is 54.1 Å². The molecule has 0 fully saturated rings. The van der Waals surface area contributed by atoms with Crippen molar-refractivity contribution in [1.29, 1.82) is 5.26 Å². The van der Waals surface area contributed by atoms with Crippen molar-refractivity contribution < 1.29 is 9.59 Å². The Kier molecular flexibility index (Phi) is 5.70. The highest BCUT2D eigenvalue weighted by atomic mass is 16.2. The normalized spacial score (nSPS) is 10.7. The summed E-state index contributed by atoms with van der Waals surface area (Å²) in [6.45, 7) is 1.92. The van der Waals surface area contributed by atoms with Gasteiger partial charge in [-0.3, -0.25) is 9.59 Å². The van der Waals surface area contributed by atoms with Gasteiger partial charge < -0.3 is 10.2 Å². The van der Waals surface area contributed by atoms with Crippen molar-refractivity contribution in [3.63, 3.8) is 0 Å². The summed E-state index contributed by atoms with van der Waals surface area (Å²) in [4.78, 5) is 25.6. The number of rotatable bonds is 4. The van der Waals surface area contributed by atoms with Crippen molar-refractivity contribution in [1.82, 2.24) is 4.90 Å².